The lowest BCUT2D eigenvalue weighted by Gasteiger charge is -2.37. The average molecular weight is 449 g/mol. The molecule has 0 unspecified atom stereocenters. The number of hydrogen-bond donors (Lipinski definition) is 0. The van der Waals surface area contributed by atoms with Crippen LogP contribution in [0.1, 0.15) is 24.2 Å². The molecule has 1 atom stereocenters. The van der Waals surface area contributed by atoms with E-state index < -0.39 is 11.9 Å². The number of ketones is 1. The van der Waals surface area contributed by atoms with Crippen molar-refractivity contribution in [3.8, 4) is 5.75 Å². The van der Waals surface area contributed by atoms with E-state index in [2.05, 4.69) is 15.9 Å². The van der Waals surface area contributed by atoms with Gasteiger partial charge in [-0.2, -0.15) is 0 Å². The third-order valence-corrected chi connectivity index (χ3v) is 5.29. The third-order valence-electron chi connectivity index (χ3n) is 4.76. The SMILES string of the molecule is CC(=O)c1ccc(N2CCN(C(=O)[C@@H](C)Oc3ccc(Br)cc3)CC2)c(F)c1. The second-order valence-corrected chi connectivity index (χ2v) is 7.66. The van der Waals surface area contributed by atoms with Gasteiger partial charge in [-0.05, 0) is 56.3 Å². The van der Waals surface area contributed by atoms with Crippen molar-refractivity contribution in [2.75, 3.05) is 31.1 Å². The number of nitrogens with zero attached hydrogens (tertiary/aromatic N) is 2. The van der Waals surface area contributed by atoms with Crippen molar-refractivity contribution in [1.82, 2.24) is 4.90 Å². The molecule has 1 amide bonds. The highest BCUT2D eigenvalue weighted by molar-refractivity contribution is 9.10. The van der Waals surface area contributed by atoms with E-state index >= 15 is 0 Å². The molecule has 0 aromatic heterocycles. The zero-order valence-corrected chi connectivity index (χ0v) is 17.4. The Morgan fingerprint density at radius 1 is 1.07 bits per heavy atom. The Bertz CT molecular complexity index is 864. The molecule has 7 heteroatoms. The van der Waals surface area contributed by atoms with Gasteiger partial charge in [0, 0.05) is 36.2 Å². The number of carbonyl (C=O) groups is 2. The summed E-state index contributed by atoms with van der Waals surface area (Å²) in [5, 5.41) is 0. The first-order chi connectivity index (χ1) is 13.3. The molecule has 3 rings (SSSR count). The fourth-order valence-corrected chi connectivity index (χ4v) is 3.44. The Balaban J connectivity index is 1.58. The predicted molar refractivity (Wildman–Crippen MR) is 109 cm³/mol. The minimum Gasteiger partial charge on any atom is -0.481 e. The fourth-order valence-electron chi connectivity index (χ4n) is 3.17. The van der Waals surface area contributed by atoms with Crippen LogP contribution in [0.25, 0.3) is 0 Å². The van der Waals surface area contributed by atoms with E-state index in [1.54, 1.807) is 36.1 Å². The van der Waals surface area contributed by atoms with Crippen LogP contribution in [0.15, 0.2) is 46.9 Å². The van der Waals surface area contributed by atoms with Crippen LogP contribution >= 0.6 is 15.9 Å². The smallest absolute Gasteiger partial charge is 0.263 e. The van der Waals surface area contributed by atoms with Crippen LogP contribution in [-0.2, 0) is 4.79 Å². The van der Waals surface area contributed by atoms with Crippen LogP contribution in [-0.4, -0.2) is 48.9 Å². The van der Waals surface area contributed by atoms with Gasteiger partial charge in [-0.1, -0.05) is 15.9 Å². The lowest BCUT2D eigenvalue weighted by atomic mass is 10.1. The van der Waals surface area contributed by atoms with E-state index in [0.29, 0.717) is 43.2 Å². The van der Waals surface area contributed by atoms with Crippen LogP contribution in [0.4, 0.5) is 10.1 Å². The first-order valence-electron chi connectivity index (χ1n) is 9.11. The number of anilines is 1. The van der Waals surface area contributed by atoms with Crippen LogP contribution < -0.4 is 9.64 Å². The lowest BCUT2D eigenvalue weighted by molar-refractivity contribution is -0.138. The summed E-state index contributed by atoms with van der Waals surface area (Å²) >= 11 is 3.37. The normalized spacial score (nSPS) is 15.3. The van der Waals surface area contributed by atoms with E-state index in [9.17, 15) is 14.0 Å². The summed E-state index contributed by atoms with van der Waals surface area (Å²) in [6, 6.07) is 11.9. The minimum absolute atomic E-state index is 0.0880. The maximum atomic E-state index is 14.4. The zero-order valence-electron chi connectivity index (χ0n) is 15.8. The number of hydrogen-bond acceptors (Lipinski definition) is 4. The van der Waals surface area contributed by atoms with Crippen molar-refractivity contribution in [2.24, 2.45) is 0 Å². The molecule has 0 bridgehead atoms. The number of ether oxygens (including phenoxy) is 1. The molecule has 0 aliphatic carbocycles. The molecular formula is C21H22BrFN2O3. The monoisotopic (exact) mass is 448 g/mol. The Kier molecular flexibility index (Phi) is 6.34. The van der Waals surface area contributed by atoms with Gasteiger partial charge in [-0.3, -0.25) is 9.59 Å². The molecule has 1 heterocycles. The largest absolute Gasteiger partial charge is 0.481 e. The second kappa shape index (κ2) is 8.73. The van der Waals surface area contributed by atoms with Gasteiger partial charge in [0.15, 0.2) is 11.9 Å². The molecule has 28 heavy (non-hydrogen) atoms. The summed E-state index contributed by atoms with van der Waals surface area (Å²) in [5.74, 6) is -0.0367. The minimum atomic E-state index is -0.598. The van der Waals surface area contributed by atoms with Gasteiger partial charge < -0.3 is 14.5 Å². The van der Waals surface area contributed by atoms with Crippen molar-refractivity contribution in [3.63, 3.8) is 0 Å². The highest BCUT2D eigenvalue weighted by Crippen LogP contribution is 2.23. The molecular weight excluding hydrogens is 427 g/mol. The molecule has 1 saturated heterocycles. The molecule has 2 aromatic rings. The molecule has 0 N–H and O–H groups in total. The van der Waals surface area contributed by atoms with Crippen LogP contribution in [0, 0.1) is 5.82 Å². The summed E-state index contributed by atoms with van der Waals surface area (Å²) in [6.07, 6.45) is -0.598. The molecule has 2 aromatic carbocycles. The number of rotatable bonds is 5. The van der Waals surface area contributed by atoms with Crippen LogP contribution in [0.3, 0.4) is 0 Å². The predicted octanol–water partition coefficient (Wildman–Crippen LogP) is 3.91. The van der Waals surface area contributed by atoms with Gasteiger partial charge >= 0.3 is 0 Å². The Labute approximate surface area is 172 Å². The Morgan fingerprint density at radius 2 is 1.71 bits per heavy atom. The average Bonchev–Trinajstić information content (AvgIpc) is 2.69. The summed E-state index contributed by atoms with van der Waals surface area (Å²) in [7, 11) is 0. The van der Waals surface area contributed by atoms with Gasteiger partial charge in [0.2, 0.25) is 0 Å². The van der Waals surface area contributed by atoms with Gasteiger partial charge in [-0.15, -0.1) is 0 Å². The fraction of sp³-hybridized carbons (Fsp3) is 0.333. The van der Waals surface area contributed by atoms with Crippen molar-refractivity contribution in [2.45, 2.75) is 20.0 Å². The number of carbonyl (C=O) groups excluding carboxylic acids is 2. The molecule has 0 radical (unpaired) electrons. The number of amides is 1. The summed E-state index contributed by atoms with van der Waals surface area (Å²) < 4.78 is 21.0. The molecule has 1 aliphatic rings. The topological polar surface area (TPSA) is 49.9 Å². The van der Waals surface area contributed by atoms with Gasteiger partial charge in [0.1, 0.15) is 11.6 Å². The molecule has 148 valence electrons. The maximum absolute atomic E-state index is 14.4. The molecule has 0 spiro atoms. The van der Waals surface area contributed by atoms with Crippen molar-refractivity contribution < 1.29 is 18.7 Å². The van der Waals surface area contributed by atoms with Crippen molar-refractivity contribution in [1.29, 1.82) is 0 Å². The first-order valence-corrected chi connectivity index (χ1v) is 9.91. The third kappa shape index (κ3) is 4.70. The van der Waals surface area contributed by atoms with Gasteiger partial charge in [-0.25, -0.2) is 4.39 Å². The quantitative estimate of drug-likeness (QED) is 0.650. The highest BCUT2D eigenvalue weighted by atomic mass is 79.9. The summed E-state index contributed by atoms with van der Waals surface area (Å²) in [6.45, 7) is 5.16. The van der Waals surface area contributed by atoms with Crippen LogP contribution in [0.5, 0.6) is 5.75 Å². The summed E-state index contributed by atoms with van der Waals surface area (Å²) in [4.78, 5) is 27.7. The first kappa shape index (κ1) is 20.3. The highest BCUT2D eigenvalue weighted by Gasteiger charge is 2.27. The Morgan fingerprint density at radius 3 is 2.29 bits per heavy atom. The zero-order chi connectivity index (χ0) is 20.3. The molecule has 1 fully saturated rings. The van der Waals surface area contributed by atoms with E-state index in [4.69, 9.17) is 4.74 Å². The van der Waals surface area contributed by atoms with E-state index in [1.165, 1.54) is 13.0 Å². The summed E-state index contributed by atoms with van der Waals surface area (Å²) in [5.41, 5.74) is 0.810. The van der Waals surface area contributed by atoms with Gasteiger partial charge in [0.05, 0.1) is 5.69 Å². The lowest BCUT2D eigenvalue weighted by Crippen LogP contribution is -2.52. The van der Waals surface area contributed by atoms with Crippen LogP contribution in [0.2, 0.25) is 0 Å². The standard InChI is InChI=1S/C21H22BrFN2O3/c1-14(26)16-3-8-20(19(23)13-16)24-9-11-25(12-10-24)21(27)15(2)28-18-6-4-17(22)5-7-18/h3-8,13,15H,9-12H2,1-2H3/t15-/m1/s1. The van der Waals surface area contributed by atoms with Crippen molar-refractivity contribution in [3.05, 3.63) is 58.3 Å². The molecule has 5 nitrogen and oxygen atoms in total. The maximum Gasteiger partial charge on any atom is 0.263 e. The molecule has 0 saturated carbocycles. The van der Waals surface area contributed by atoms with E-state index in [-0.39, 0.29) is 11.7 Å². The number of Topliss-reactive ketones (excluding diaryl/α,β-unsaturated/α-hetero) is 1. The number of benzene rings is 2. The van der Waals surface area contributed by atoms with E-state index in [1.807, 2.05) is 17.0 Å². The second-order valence-electron chi connectivity index (χ2n) is 6.75. The Hall–Kier alpha value is -2.41. The van der Waals surface area contributed by atoms with Gasteiger partial charge in [0.25, 0.3) is 5.91 Å². The number of piperazine rings is 1. The number of halogens is 2. The molecule has 1 aliphatic heterocycles. The van der Waals surface area contributed by atoms with Crippen molar-refractivity contribution >= 4 is 33.3 Å². The van der Waals surface area contributed by atoms with E-state index in [0.717, 1.165) is 4.47 Å².